The molecule has 1 fully saturated rings. The number of rotatable bonds is 3. The fraction of sp³-hybridized carbons (Fsp3) is 0.636. The van der Waals surface area contributed by atoms with Crippen LogP contribution in [0.15, 0.2) is 16.5 Å². The molecule has 78 valence electrons. The van der Waals surface area contributed by atoms with Crippen molar-refractivity contribution in [3.05, 3.63) is 23.7 Å². The van der Waals surface area contributed by atoms with Gasteiger partial charge in [0.1, 0.15) is 11.5 Å². The topological polar surface area (TPSA) is 34.4 Å². The van der Waals surface area contributed by atoms with Crippen LogP contribution in [-0.4, -0.2) is 26.3 Å². The van der Waals surface area contributed by atoms with Crippen LogP contribution in [-0.2, 0) is 4.74 Å². The number of furan rings is 1. The summed E-state index contributed by atoms with van der Waals surface area (Å²) in [6.07, 6.45) is 1.11. The molecule has 0 radical (unpaired) electrons. The number of hydrogen-bond donors (Lipinski definition) is 1. The second kappa shape index (κ2) is 4.15. The van der Waals surface area contributed by atoms with Crippen LogP contribution < -0.4 is 5.32 Å². The highest BCUT2D eigenvalue weighted by molar-refractivity contribution is 5.13. The molecular weight excluding hydrogens is 178 g/mol. The Labute approximate surface area is 84.4 Å². The van der Waals surface area contributed by atoms with Crippen molar-refractivity contribution in [3.63, 3.8) is 0 Å². The van der Waals surface area contributed by atoms with Gasteiger partial charge in [-0.3, -0.25) is 0 Å². The molecule has 2 rings (SSSR count). The van der Waals surface area contributed by atoms with E-state index in [9.17, 15) is 0 Å². The molecule has 0 amide bonds. The molecule has 1 aliphatic rings. The highest BCUT2D eigenvalue weighted by atomic mass is 16.5. The Balaban J connectivity index is 1.95. The van der Waals surface area contributed by atoms with Crippen molar-refractivity contribution < 1.29 is 9.15 Å². The summed E-state index contributed by atoms with van der Waals surface area (Å²) in [5.74, 6) is 2.62. The normalized spacial score (nSPS) is 27.0. The van der Waals surface area contributed by atoms with Crippen molar-refractivity contribution in [2.24, 2.45) is 0 Å². The van der Waals surface area contributed by atoms with Gasteiger partial charge in [-0.2, -0.15) is 0 Å². The second-order valence-corrected chi connectivity index (χ2v) is 3.94. The summed E-state index contributed by atoms with van der Waals surface area (Å²) in [5, 5.41) is 3.43. The summed E-state index contributed by atoms with van der Waals surface area (Å²) < 4.78 is 10.7. The number of hydrogen-bond acceptors (Lipinski definition) is 3. The number of methoxy groups -OCH3 is 1. The van der Waals surface area contributed by atoms with Gasteiger partial charge < -0.3 is 14.5 Å². The number of aryl methyl sites for hydroxylation is 1. The highest BCUT2D eigenvalue weighted by Crippen LogP contribution is 2.27. The minimum atomic E-state index is 0.482. The molecule has 3 nitrogen and oxygen atoms in total. The van der Waals surface area contributed by atoms with E-state index in [1.165, 1.54) is 0 Å². The van der Waals surface area contributed by atoms with E-state index in [4.69, 9.17) is 9.15 Å². The van der Waals surface area contributed by atoms with E-state index in [0.29, 0.717) is 12.0 Å². The molecule has 14 heavy (non-hydrogen) atoms. The van der Waals surface area contributed by atoms with Crippen LogP contribution in [0.25, 0.3) is 0 Å². The average Bonchev–Trinajstić information content (AvgIpc) is 2.74. The maximum atomic E-state index is 5.61. The lowest BCUT2D eigenvalue weighted by Crippen LogP contribution is -2.25. The van der Waals surface area contributed by atoms with E-state index in [0.717, 1.165) is 31.1 Å². The van der Waals surface area contributed by atoms with Gasteiger partial charge in [0.2, 0.25) is 0 Å². The Kier molecular flexibility index (Phi) is 2.89. The molecule has 1 N–H and O–H groups in total. The third-order valence-electron chi connectivity index (χ3n) is 2.75. The predicted molar refractivity (Wildman–Crippen MR) is 54.5 cm³/mol. The van der Waals surface area contributed by atoms with Crippen LogP contribution in [0.5, 0.6) is 0 Å². The van der Waals surface area contributed by atoms with Gasteiger partial charge in [-0.05, 0) is 25.5 Å². The Morgan fingerprint density at radius 3 is 3.07 bits per heavy atom. The Morgan fingerprint density at radius 2 is 2.43 bits per heavy atom. The van der Waals surface area contributed by atoms with Crippen LogP contribution in [0.1, 0.15) is 23.9 Å². The summed E-state index contributed by atoms with van der Waals surface area (Å²) in [6.45, 7) is 3.77. The van der Waals surface area contributed by atoms with Crippen molar-refractivity contribution in [3.8, 4) is 0 Å². The molecule has 2 unspecified atom stereocenters. The van der Waals surface area contributed by atoms with E-state index >= 15 is 0 Å². The van der Waals surface area contributed by atoms with Gasteiger partial charge in [0.15, 0.2) is 0 Å². The molecule has 0 saturated carbocycles. The van der Waals surface area contributed by atoms with Gasteiger partial charge in [0.05, 0.1) is 6.61 Å². The molecule has 0 aliphatic carbocycles. The smallest absolute Gasteiger partial charge is 0.108 e. The molecule has 2 atom stereocenters. The third kappa shape index (κ3) is 1.99. The lowest BCUT2D eigenvalue weighted by Gasteiger charge is -2.07. The van der Waals surface area contributed by atoms with Crippen molar-refractivity contribution >= 4 is 0 Å². The lowest BCUT2D eigenvalue weighted by molar-refractivity contribution is 0.173. The Hall–Kier alpha value is -0.800. The second-order valence-electron chi connectivity index (χ2n) is 3.94. The van der Waals surface area contributed by atoms with Crippen LogP contribution in [0.2, 0.25) is 0 Å². The summed E-state index contributed by atoms with van der Waals surface area (Å²) >= 11 is 0. The van der Waals surface area contributed by atoms with Crippen molar-refractivity contribution in [1.82, 2.24) is 5.32 Å². The standard InChI is InChI=1S/C11H17NO2/c1-8-3-4-11(14-8)9-5-10(7-13-2)12-6-9/h3-4,9-10,12H,5-7H2,1-2H3. The quantitative estimate of drug-likeness (QED) is 0.796. The maximum absolute atomic E-state index is 5.61. The first-order valence-corrected chi connectivity index (χ1v) is 5.08. The Morgan fingerprint density at radius 1 is 1.57 bits per heavy atom. The molecule has 1 saturated heterocycles. The van der Waals surface area contributed by atoms with Crippen LogP contribution in [0, 0.1) is 6.92 Å². The zero-order valence-electron chi connectivity index (χ0n) is 8.75. The van der Waals surface area contributed by atoms with Gasteiger partial charge in [-0.15, -0.1) is 0 Å². The first-order chi connectivity index (χ1) is 6.79. The fourth-order valence-corrected chi connectivity index (χ4v) is 2.04. The molecule has 0 spiro atoms. The molecule has 1 aliphatic heterocycles. The number of ether oxygens (including phenoxy) is 1. The monoisotopic (exact) mass is 195 g/mol. The molecular formula is C11H17NO2. The van der Waals surface area contributed by atoms with Gasteiger partial charge in [0, 0.05) is 25.6 Å². The fourth-order valence-electron chi connectivity index (χ4n) is 2.04. The zero-order valence-corrected chi connectivity index (χ0v) is 8.75. The summed E-state index contributed by atoms with van der Waals surface area (Å²) in [5.41, 5.74) is 0. The predicted octanol–water partition coefficient (Wildman–Crippen LogP) is 1.68. The van der Waals surface area contributed by atoms with E-state index < -0.39 is 0 Å². The summed E-state index contributed by atoms with van der Waals surface area (Å²) in [4.78, 5) is 0. The van der Waals surface area contributed by atoms with E-state index in [2.05, 4.69) is 11.4 Å². The summed E-state index contributed by atoms with van der Waals surface area (Å²) in [6, 6.07) is 4.59. The van der Waals surface area contributed by atoms with Gasteiger partial charge in [-0.25, -0.2) is 0 Å². The minimum absolute atomic E-state index is 0.482. The average molecular weight is 195 g/mol. The summed E-state index contributed by atoms with van der Waals surface area (Å²) in [7, 11) is 1.74. The molecule has 3 heteroatoms. The lowest BCUT2D eigenvalue weighted by atomic mass is 10.0. The van der Waals surface area contributed by atoms with E-state index in [1.807, 2.05) is 13.0 Å². The largest absolute Gasteiger partial charge is 0.466 e. The van der Waals surface area contributed by atoms with Gasteiger partial charge in [-0.1, -0.05) is 0 Å². The van der Waals surface area contributed by atoms with Crippen LogP contribution >= 0.6 is 0 Å². The minimum Gasteiger partial charge on any atom is -0.466 e. The number of nitrogens with one attached hydrogen (secondary N) is 1. The zero-order chi connectivity index (χ0) is 9.97. The molecule has 0 bridgehead atoms. The molecule has 1 aromatic rings. The van der Waals surface area contributed by atoms with Gasteiger partial charge in [0.25, 0.3) is 0 Å². The van der Waals surface area contributed by atoms with Crippen molar-refractivity contribution in [2.75, 3.05) is 20.3 Å². The van der Waals surface area contributed by atoms with Crippen molar-refractivity contribution in [2.45, 2.75) is 25.3 Å². The third-order valence-corrected chi connectivity index (χ3v) is 2.75. The first-order valence-electron chi connectivity index (χ1n) is 5.08. The van der Waals surface area contributed by atoms with E-state index in [-0.39, 0.29) is 0 Å². The van der Waals surface area contributed by atoms with Gasteiger partial charge >= 0.3 is 0 Å². The maximum Gasteiger partial charge on any atom is 0.108 e. The molecule has 0 aromatic carbocycles. The molecule has 1 aromatic heterocycles. The SMILES string of the molecule is COCC1CC(c2ccc(C)o2)CN1. The first kappa shape index (κ1) is 9.74. The van der Waals surface area contributed by atoms with Crippen molar-refractivity contribution in [1.29, 1.82) is 0 Å². The van der Waals surface area contributed by atoms with Crippen LogP contribution in [0.4, 0.5) is 0 Å². The van der Waals surface area contributed by atoms with Crippen LogP contribution in [0.3, 0.4) is 0 Å². The molecule has 2 heterocycles. The van der Waals surface area contributed by atoms with E-state index in [1.54, 1.807) is 7.11 Å². The Bertz CT molecular complexity index is 295. The highest BCUT2D eigenvalue weighted by Gasteiger charge is 2.26.